The van der Waals surface area contributed by atoms with Gasteiger partial charge in [0, 0.05) is 17.7 Å². The van der Waals surface area contributed by atoms with Crippen molar-refractivity contribution in [2.24, 2.45) is 5.92 Å². The maximum Gasteiger partial charge on any atom is 0.309 e. The quantitative estimate of drug-likeness (QED) is 0.178. The van der Waals surface area contributed by atoms with Crippen molar-refractivity contribution in [3.63, 3.8) is 0 Å². The van der Waals surface area contributed by atoms with Crippen molar-refractivity contribution < 1.29 is 54.4 Å². The molecule has 1 saturated heterocycles. The maximum atomic E-state index is 13.0. The molecule has 12 nitrogen and oxygen atoms in total. The number of esters is 1. The van der Waals surface area contributed by atoms with E-state index in [1.165, 1.54) is 6.07 Å². The number of phenolic OH excluding ortho intramolecular Hbond substituents is 4. The van der Waals surface area contributed by atoms with Gasteiger partial charge in [0.15, 0.2) is 28.6 Å². The molecule has 4 rings (SSSR count). The molecule has 12 heteroatoms. The number of aliphatic hydroxyl groups excluding tert-OH is 3. The minimum absolute atomic E-state index is 0.132. The summed E-state index contributed by atoms with van der Waals surface area (Å²) >= 11 is 0. The summed E-state index contributed by atoms with van der Waals surface area (Å²) in [5.41, 5.74) is -1.30. The molecule has 2 aromatic carbocycles. The maximum absolute atomic E-state index is 13.0. The highest BCUT2D eigenvalue weighted by Gasteiger charge is 2.49. The zero-order chi connectivity index (χ0) is 27.9. The number of ether oxygens (including phenoxy) is 2. The molecule has 3 aromatic rings. The first kappa shape index (κ1) is 27.2. The van der Waals surface area contributed by atoms with E-state index in [1.807, 2.05) is 0 Å². The van der Waals surface area contributed by atoms with Gasteiger partial charge in [0.2, 0.25) is 0 Å². The Kier molecular flexibility index (Phi) is 7.51. The van der Waals surface area contributed by atoms with Gasteiger partial charge in [0.25, 0.3) is 0 Å². The number of carbonyl (C=O) groups excluding carboxylic acids is 1. The molecular formula is C26H28O12. The Labute approximate surface area is 215 Å². The smallest absolute Gasteiger partial charge is 0.309 e. The first-order valence-corrected chi connectivity index (χ1v) is 11.9. The summed E-state index contributed by atoms with van der Waals surface area (Å²) in [6.45, 7) is 2.58. The number of benzene rings is 2. The van der Waals surface area contributed by atoms with Gasteiger partial charge in [0.05, 0.1) is 18.1 Å². The van der Waals surface area contributed by atoms with Gasteiger partial charge in [-0.2, -0.15) is 0 Å². The lowest BCUT2D eigenvalue weighted by Crippen LogP contribution is -2.56. The van der Waals surface area contributed by atoms with Gasteiger partial charge in [-0.1, -0.05) is 13.8 Å². The van der Waals surface area contributed by atoms with Crippen LogP contribution in [0.2, 0.25) is 0 Å². The first-order chi connectivity index (χ1) is 18.0. The van der Waals surface area contributed by atoms with Crippen LogP contribution in [0.3, 0.4) is 0 Å². The summed E-state index contributed by atoms with van der Waals surface area (Å²) in [6, 6.07) is 5.50. The molecule has 2 heterocycles. The predicted octanol–water partition coefficient (Wildman–Crippen LogP) is 1.39. The van der Waals surface area contributed by atoms with Crippen molar-refractivity contribution >= 4 is 16.9 Å². The van der Waals surface area contributed by atoms with Gasteiger partial charge < -0.3 is 49.6 Å². The molecule has 6 unspecified atom stereocenters. The normalized spacial score (nSPS) is 24.3. The van der Waals surface area contributed by atoms with E-state index >= 15 is 0 Å². The van der Waals surface area contributed by atoms with Gasteiger partial charge in [0.1, 0.15) is 47.1 Å². The van der Waals surface area contributed by atoms with E-state index in [0.29, 0.717) is 6.42 Å². The van der Waals surface area contributed by atoms with E-state index in [1.54, 1.807) is 13.8 Å². The van der Waals surface area contributed by atoms with Gasteiger partial charge in [-0.15, -0.1) is 0 Å². The number of carbonyl (C=O) groups is 1. The second-order valence-corrected chi connectivity index (χ2v) is 9.18. The lowest BCUT2D eigenvalue weighted by Gasteiger charge is -2.42. The summed E-state index contributed by atoms with van der Waals surface area (Å²) in [5.74, 6) is -3.67. The molecular weight excluding hydrogens is 504 g/mol. The summed E-state index contributed by atoms with van der Waals surface area (Å²) in [4.78, 5) is 25.7. The number of rotatable bonds is 6. The molecule has 1 aromatic heterocycles. The second-order valence-electron chi connectivity index (χ2n) is 9.18. The monoisotopic (exact) mass is 532 g/mol. The van der Waals surface area contributed by atoms with E-state index in [0.717, 1.165) is 24.3 Å². The van der Waals surface area contributed by atoms with E-state index < -0.39 is 83.0 Å². The Hall–Kier alpha value is -3.84. The van der Waals surface area contributed by atoms with Crippen LogP contribution in [-0.2, 0) is 14.3 Å². The summed E-state index contributed by atoms with van der Waals surface area (Å²) < 4.78 is 17.1. The number of fused-ring (bicyclic) bond motifs is 1. The molecule has 7 N–H and O–H groups in total. The molecule has 1 fully saturated rings. The number of aromatic hydroxyl groups is 4. The molecule has 1 aliphatic rings. The molecule has 38 heavy (non-hydrogen) atoms. The van der Waals surface area contributed by atoms with Crippen LogP contribution in [0, 0.1) is 5.92 Å². The predicted molar refractivity (Wildman–Crippen MR) is 131 cm³/mol. The third kappa shape index (κ3) is 4.74. The number of hydrogen-bond donors (Lipinski definition) is 7. The molecule has 0 saturated carbocycles. The van der Waals surface area contributed by atoms with E-state index in [2.05, 4.69) is 0 Å². The van der Waals surface area contributed by atoms with Gasteiger partial charge >= 0.3 is 5.97 Å². The third-order valence-electron chi connectivity index (χ3n) is 6.68. The number of phenols is 4. The average molecular weight is 532 g/mol. The van der Waals surface area contributed by atoms with Gasteiger partial charge in [-0.25, -0.2) is 0 Å². The Morgan fingerprint density at radius 3 is 2.34 bits per heavy atom. The van der Waals surface area contributed by atoms with Crippen LogP contribution in [0.4, 0.5) is 0 Å². The zero-order valence-corrected chi connectivity index (χ0v) is 20.4. The van der Waals surface area contributed by atoms with Crippen molar-refractivity contribution in [2.45, 2.75) is 50.8 Å². The van der Waals surface area contributed by atoms with Crippen LogP contribution >= 0.6 is 0 Å². The van der Waals surface area contributed by atoms with Crippen molar-refractivity contribution in [2.75, 3.05) is 6.61 Å². The standard InChI is InChI=1S/C26H28O12/c1-3-10(2)26(35)38-25-22(34)21(33)18(9-27)37-24(25)20-15(31)7-14(30)19-16(32)8-17(36-23(19)20)11-4-5-12(28)13(29)6-11/h4-8,10,18,21-22,24-25,27-31,33-34H,3,9H2,1-2H3. The first-order valence-electron chi connectivity index (χ1n) is 11.9. The summed E-state index contributed by atoms with van der Waals surface area (Å²) in [5, 5.41) is 71.5. The largest absolute Gasteiger partial charge is 0.507 e. The molecule has 0 spiro atoms. The van der Waals surface area contributed by atoms with Crippen molar-refractivity contribution in [1.82, 2.24) is 0 Å². The highest BCUT2D eigenvalue weighted by atomic mass is 16.6. The van der Waals surface area contributed by atoms with Crippen LogP contribution in [-0.4, -0.2) is 72.7 Å². The zero-order valence-electron chi connectivity index (χ0n) is 20.4. The fourth-order valence-electron chi connectivity index (χ4n) is 4.29. The molecule has 0 amide bonds. The fraction of sp³-hybridized carbons (Fsp3) is 0.385. The lowest BCUT2D eigenvalue weighted by atomic mass is 9.89. The number of hydrogen-bond acceptors (Lipinski definition) is 12. The van der Waals surface area contributed by atoms with Crippen LogP contribution in [0.15, 0.2) is 39.5 Å². The Balaban J connectivity index is 1.96. The fourth-order valence-corrected chi connectivity index (χ4v) is 4.29. The summed E-state index contributed by atoms with van der Waals surface area (Å²) in [7, 11) is 0. The lowest BCUT2D eigenvalue weighted by molar-refractivity contribution is -0.242. The highest BCUT2D eigenvalue weighted by molar-refractivity contribution is 5.89. The van der Waals surface area contributed by atoms with Crippen LogP contribution in [0.1, 0.15) is 31.9 Å². The Morgan fingerprint density at radius 1 is 1.00 bits per heavy atom. The van der Waals surface area contributed by atoms with Gasteiger partial charge in [-0.05, 0) is 24.6 Å². The molecule has 6 atom stereocenters. The van der Waals surface area contributed by atoms with Gasteiger partial charge in [-0.3, -0.25) is 9.59 Å². The Bertz CT molecular complexity index is 1410. The van der Waals surface area contributed by atoms with Crippen LogP contribution < -0.4 is 5.43 Å². The van der Waals surface area contributed by atoms with E-state index in [-0.39, 0.29) is 22.3 Å². The minimum Gasteiger partial charge on any atom is -0.507 e. The van der Waals surface area contributed by atoms with Crippen molar-refractivity contribution in [1.29, 1.82) is 0 Å². The average Bonchev–Trinajstić information content (AvgIpc) is 2.88. The molecule has 204 valence electrons. The minimum atomic E-state index is -1.77. The Morgan fingerprint density at radius 2 is 1.71 bits per heavy atom. The van der Waals surface area contributed by atoms with Crippen LogP contribution in [0.5, 0.6) is 23.0 Å². The topological polar surface area (TPSA) is 207 Å². The summed E-state index contributed by atoms with van der Waals surface area (Å²) in [6.07, 6.45) is -7.58. The third-order valence-corrected chi connectivity index (χ3v) is 6.68. The SMILES string of the molecule is CCC(C)C(=O)OC1C(c2c(O)cc(O)c3c(=O)cc(-c4ccc(O)c(O)c4)oc23)OC(CO)C(O)C1O. The molecule has 0 bridgehead atoms. The van der Waals surface area contributed by atoms with E-state index in [9.17, 15) is 45.3 Å². The van der Waals surface area contributed by atoms with Crippen molar-refractivity contribution in [3.05, 3.63) is 46.1 Å². The molecule has 0 radical (unpaired) electrons. The number of aliphatic hydroxyl groups is 3. The van der Waals surface area contributed by atoms with Crippen molar-refractivity contribution in [3.8, 4) is 34.3 Å². The molecule has 0 aliphatic carbocycles. The van der Waals surface area contributed by atoms with Crippen LogP contribution in [0.25, 0.3) is 22.3 Å². The van der Waals surface area contributed by atoms with E-state index in [4.69, 9.17) is 13.9 Å². The second kappa shape index (κ2) is 10.5. The highest BCUT2D eigenvalue weighted by Crippen LogP contribution is 2.45. The molecule has 1 aliphatic heterocycles.